The summed E-state index contributed by atoms with van der Waals surface area (Å²) in [4.78, 5) is 25.8. The Kier molecular flexibility index (Phi) is 4.89. The Morgan fingerprint density at radius 2 is 2.07 bits per heavy atom. The second-order valence-electron chi connectivity index (χ2n) is 6.72. The molecule has 8 heteroatoms. The van der Waals surface area contributed by atoms with E-state index in [0.717, 1.165) is 36.3 Å². The van der Waals surface area contributed by atoms with E-state index in [1.165, 1.54) is 12.1 Å². The highest BCUT2D eigenvalue weighted by Gasteiger charge is 2.26. The summed E-state index contributed by atoms with van der Waals surface area (Å²) in [6.07, 6.45) is 2.15. The van der Waals surface area contributed by atoms with Crippen molar-refractivity contribution in [2.24, 2.45) is 5.92 Å². The van der Waals surface area contributed by atoms with Gasteiger partial charge in [0.1, 0.15) is 21.3 Å². The zero-order valence-corrected chi connectivity index (χ0v) is 15.9. The molecule has 28 heavy (non-hydrogen) atoms. The zero-order valence-electron chi connectivity index (χ0n) is 15.1. The molecule has 0 aliphatic heterocycles. The summed E-state index contributed by atoms with van der Waals surface area (Å²) in [7, 11) is 0. The number of halogens is 2. The number of nitrogens with zero attached hydrogens (tertiary/aromatic N) is 1. The van der Waals surface area contributed by atoms with Crippen molar-refractivity contribution in [3.63, 3.8) is 0 Å². The minimum absolute atomic E-state index is 0.0339. The van der Waals surface area contributed by atoms with Gasteiger partial charge in [0.15, 0.2) is 0 Å². The van der Waals surface area contributed by atoms with E-state index in [9.17, 15) is 18.4 Å². The highest BCUT2D eigenvalue weighted by atomic mass is 32.1. The lowest BCUT2D eigenvalue weighted by Crippen LogP contribution is -2.19. The summed E-state index contributed by atoms with van der Waals surface area (Å²) < 4.78 is 34.2. The molecular weight excluding hydrogens is 386 g/mol. The van der Waals surface area contributed by atoms with Gasteiger partial charge in [-0.15, -0.1) is 11.3 Å². The first-order valence-corrected chi connectivity index (χ1v) is 9.85. The molecule has 3 aromatic rings. The molecule has 4 rings (SSSR count). The molecule has 0 atom stereocenters. The highest BCUT2D eigenvalue weighted by molar-refractivity contribution is 7.21. The lowest BCUT2D eigenvalue weighted by atomic mass is 10.2. The van der Waals surface area contributed by atoms with Crippen LogP contribution in [0.2, 0.25) is 0 Å². The largest absolute Gasteiger partial charge is 0.462 e. The van der Waals surface area contributed by atoms with Crippen LogP contribution in [0.25, 0.3) is 10.2 Å². The minimum atomic E-state index is -0.777. The van der Waals surface area contributed by atoms with Crippen molar-refractivity contribution in [2.45, 2.75) is 26.3 Å². The fourth-order valence-electron chi connectivity index (χ4n) is 3.05. The van der Waals surface area contributed by atoms with Crippen LogP contribution in [-0.2, 0) is 11.3 Å². The predicted molar refractivity (Wildman–Crippen MR) is 104 cm³/mol. The zero-order chi connectivity index (χ0) is 19.8. The summed E-state index contributed by atoms with van der Waals surface area (Å²) in [5.74, 6) is -1.57. The number of fused-ring (bicyclic) bond motifs is 1. The Morgan fingerprint density at radius 3 is 2.75 bits per heavy atom. The molecule has 0 saturated heterocycles. The molecular formula is C20H18F2N2O3S. The monoisotopic (exact) mass is 404 g/mol. The maximum atomic E-state index is 14.2. The van der Waals surface area contributed by atoms with Crippen LogP contribution in [0, 0.1) is 17.6 Å². The quantitative estimate of drug-likeness (QED) is 0.607. The van der Waals surface area contributed by atoms with Gasteiger partial charge in [-0.2, -0.15) is 0 Å². The van der Waals surface area contributed by atoms with Crippen LogP contribution < -0.4 is 10.9 Å². The number of hydrogen-bond acceptors (Lipinski definition) is 5. The van der Waals surface area contributed by atoms with E-state index in [4.69, 9.17) is 4.74 Å². The summed E-state index contributed by atoms with van der Waals surface area (Å²) in [5.41, 5.74) is 0.246. The molecule has 1 fully saturated rings. The molecule has 1 aromatic carbocycles. The number of nitrogens with one attached hydrogen (secondary N) is 1. The molecule has 146 valence electrons. The number of carbonyl (C=O) groups excluding carboxylic acids is 1. The normalized spacial score (nSPS) is 13.7. The number of aromatic nitrogens is 1. The second kappa shape index (κ2) is 7.35. The smallest absolute Gasteiger partial charge is 0.350 e. The van der Waals surface area contributed by atoms with E-state index < -0.39 is 17.6 Å². The van der Waals surface area contributed by atoms with Gasteiger partial charge in [-0.3, -0.25) is 9.36 Å². The maximum Gasteiger partial charge on any atom is 0.350 e. The Labute approximate surface area is 163 Å². The first-order valence-electron chi connectivity index (χ1n) is 9.03. The number of hydrogen-bond donors (Lipinski definition) is 1. The van der Waals surface area contributed by atoms with Gasteiger partial charge in [0, 0.05) is 24.1 Å². The van der Waals surface area contributed by atoms with E-state index in [1.807, 2.05) is 0 Å². The molecule has 1 aliphatic rings. The third-order valence-electron chi connectivity index (χ3n) is 4.62. The molecule has 5 nitrogen and oxygen atoms in total. The first kappa shape index (κ1) is 18.6. The summed E-state index contributed by atoms with van der Waals surface area (Å²) in [6, 6.07) is 6.23. The highest BCUT2D eigenvalue weighted by Crippen LogP contribution is 2.39. The van der Waals surface area contributed by atoms with Gasteiger partial charge in [-0.05, 0) is 43.9 Å². The van der Waals surface area contributed by atoms with Gasteiger partial charge in [0.25, 0.3) is 5.56 Å². The number of esters is 1. The molecule has 0 radical (unpaired) electrons. The Bertz CT molecular complexity index is 1120. The summed E-state index contributed by atoms with van der Waals surface area (Å²) >= 11 is 1.14. The molecule has 0 spiro atoms. The van der Waals surface area contributed by atoms with Crippen molar-refractivity contribution in [1.29, 1.82) is 0 Å². The lowest BCUT2D eigenvalue weighted by Gasteiger charge is -2.10. The van der Waals surface area contributed by atoms with Crippen molar-refractivity contribution < 1.29 is 18.3 Å². The molecule has 0 bridgehead atoms. The van der Waals surface area contributed by atoms with Crippen LogP contribution in [0.1, 0.15) is 29.4 Å². The van der Waals surface area contributed by atoms with Gasteiger partial charge in [-0.1, -0.05) is 0 Å². The van der Waals surface area contributed by atoms with Crippen LogP contribution in [0.15, 0.2) is 35.1 Å². The number of ether oxygens (including phenoxy) is 1. The van der Waals surface area contributed by atoms with E-state index in [2.05, 4.69) is 5.32 Å². The number of anilines is 2. The van der Waals surface area contributed by atoms with Crippen molar-refractivity contribution in [3.8, 4) is 0 Å². The third-order valence-corrected chi connectivity index (χ3v) is 5.83. The van der Waals surface area contributed by atoms with Crippen molar-refractivity contribution in [1.82, 2.24) is 4.57 Å². The number of rotatable bonds is 6. The van der Waals surface area contributed by atoms with Crippen LogP contribution >= 0.6 is 11.3 Å². The van der Waals surface area contributed by atoms with Crippen LogP contribution in [-0.4, -0.2) is 17.1 Å². The number of carbonyl (C=O) groups is 1. The average Bonchev–Trinajstić information content (AvgIpc) is 3.40. The van der Waals surface area contributed by atoms with Gasteiger partial charge >= 0.3 is 5.97 Å². The van der Waals surface area contributed by atoms with E-state index in [-0.39, 0.29) is 22.7 Å². The first-order chi connectivity index (χ1) is 13.5. The fourth-order valence-corrected chi connectivity index (χ4v) is 4.21. The van der Waals surface area contributed by atoms with E-state index in [1.54, 1.807) is 17.6 Å². The second-order valence-corrected chi connectivity index (χ2v) is 7.72. The summed E-state index contributed by atoms with van der Waals surface area (Å²) in [6.45, 7) is 2.47. The van der Waals surface area contributed by atoms with Crippen molar-refractivity contribution in [3.05, 3.63) is 57.2 Å². The predicted octanol–water partition coefficient (Wildman–Crippen LogP) is 4.67. The lowest BCUT2D eigenvalue weighted by molar-refractivity contribution is 0.0533. The molecule has 0 amide bonds. The molecule has 1 N–H and O–H groups in total. The number of thiophene rings is 1. The van der Waals surface area contributed by atoms with E-state index in [0.29, 0.717) is 28.4 Å². The SMILES string of the molecule is CCOC(=O)c1sc2c(ccc(=O)n2CC2CC2)c1Nc1ccc(F)cc1F. The van der Waals surface area contributed by atoms with Gasteiger partial charge in [0.05, 0.1) is 18.0 Å². The molecule has 0 unspecified atom stereocenters. The maximum absolute atomic E-state index is 14.2. The third kappa shape index (κ3) is 3.52. The number of pyridine rings is 1. The van der Waals surface area contributed by atoms with Crippen LogP contribution in [0.3, 0.4) is 0 Å². The van der Waals surface area contributed by atoms with Crippen LogP contribution in [0.5, 0.6) is 0 Å². The van der Waals surface area contributed by atoms with Crippen LogP contribution in [0.4, 0.5) is 20.2 Å². The van der Waals surface area contributed by atoms with Gasteiger partial charge < -0.3 is 10.1 Å². The average molecular weight is 404 g/mol. The van der Waals surface area contributed by atoms with Crippen molar-refractivity contribution >= 4 is 38.9 Å². The van der Waals surface area contributed by atoms with Gasteiger partial charge in [-0.25, -0.2) is 13.6 Å². The molecule has 2 aromatic heterocycles. The van der Waals surface area contributed by atoms with Crippen molar-refractivity contribution in [2.75, 3.05) is 11.9 Å². The standard InChI is InChI=1S/C20H18F2N2O3S/c1-2-27-20(26)18-17(23-15-7-5-12(21)9-14(15)22)13-6-8-16(25)24(19(13)28-18)10-11-3-4-11/h5-9,11,23H,2-4,10H2,1H3. The van der Waals surface area contributed by atoms with Gasteiger partial charge in [0.2, 0.25) is 0 Å². The summed E-state index contributed by atoms with van der Waals surface area (Å²) in [5, 5.41) is 3.52. The Balaban J connectivity index is 1.87. The topological polar surface area (TPSA) is 60.3 Å². The molecule has 1 saturated carbocycles. The molecule has 2 heterocycles. The Hall–Kier alpha value is -2.74. The Morgan fingerprint density at radius 1 is 1.29 bits per heavy atom. The number of benzene rings is 1. The minimum Gasteiger partial charge on any atom is -0.462 e. The van der Waals surface area contributed by atoms with E-state index >= 15 is 0 Å². The fraction of sp³-hybridized carbons (Fsp3) is 0.300. The molecule has 1 aliphatic carbocycles.